The van der Waals surface area contributed by atoms with Gasteiger partial charge in [-0.25, -0.2) is 4.98 Å². The lowest BCUT2D eigenvalue weighted by molar-refractivity contribution is 0.0784. The number of aromatic amines is 1. The standard InChI is InChI=1S/C13H15N5O2S/c1-7-10(21-17-16-7)6-18(2)13(20)9-5-14-11(8-3-4-8)15-12(9)19/h5,8H,3-4,6H2,1-2H3,(H,14,15,19). The molecule has 1 N–H and O–H groups in total. The molecule has 0 atom stereocenters. The third-order valence-electron chi connectivity index (χ3n) is 3.49. The number of aryl methyl sites for hydroxylation is 1. The van der Waals surface area contributed by atoms with Gasteiger partial charge in [-0.2, -0.15) is 0 Å². The first-order valence-electron chi connectivity index (χ1n) is 6.68. The van der Waals surface area contributed by atoms with Crippen LogP contribution in [0.2, 0.25) is 0 Å². The number of hydrogen-bond acceptors (Lipinski definition) is 6. The van der Waals surface area contributed by atoms with E-state index in [1.165, 1.54) is 22.6 Å². The second-order valence-electron chi connectivity index (χ2n) is 5.23. The van der Waals surface area contributed by atoms with E-state index < -0.39 is 0 Å². The molecule has 1 fully saturated rings. The van der Waals surface area contributed by atoms with Crippen LogP contribution in [-0.2, 0) is 6.54 Å². The summed E-state index contributed by atoms with van der Waals surface area (Å²) in [7, 11) is 1.65. The highest BCUT2D eigenvalue weighted by Crippen LogP contribution is 2.37. The summed E-state index contributed by atoms with van der Waals surface area (Å²) in [5.41, 5.74) is 0.496. The minimum Gasteiger partial charge on any atom is -0.336 e. The van der Waals surface area contributed by atoms with Crippen LogP contribution < -0.4 is 5.56 Å². The first kappa shape index (κ1) is 13.9. The van der Waals surface area contributed by atoms with Crippen molar-refractivity contribution >= 4 is 17.4 Å². The summed E-state index contributed by atoms with van der Waals surface area (Å²) in [5.74, 6) is 0.686. The van der Waals surface area contributed by atoms with E-state index >= 15 is 0 Å². The van der Waals surface area contributed by atoms with Crippen LogP contribution in [0.4, 0.5) is 0 Å². The topological polar surface area (TPSA) is 91.8 Å². The Labute approximate surface area is 125 Å². The van der Waals surface area contributed by atoms with E-state index in [0.717, 1.165) is 23.4 Å². The second kappa shape index (κ2) is 5.36. The average Bonchev–Trinajstić information content (AvgIpc) is 3.23. The van der Waals surface area contributed by atoms with E-state index in [2.05, 4.69) is 19.6 Å². The number of aromatic nitrogens is 4. The average molecular weight is 305 g/mol. The highest BCUT2D eigenvalue weighted by Gasteiger charge is 2.27. The first-order valence-corrected chi connectivity index (χ1v) is 7.46. The molecule has 0 aromatic carbocycles. The fraction of sp³-hybridized carbons (Fsp3) is 0.462. The van der Waals surface area contributed by atoms with Crippen LogP contribution >= 0.6 is 11.5 Å². The lowest BCUT2D eigenvalue weighted by atomic mass is 10.2. The summed E-state index contributed by atoms with van der Waals surface area (Å²) in [5, 5.41) is 3.91. The van der Waals surface area contributed by atoms with Gasteiger partial charge < -0.3 is 9.88 Å². The molecule has 21 heavy (non-hydrogen) atoms. The number of nitrogens with zero attached hydrogens (tertiary/aromatic N) is 4. The van der Waals surface area contributed by atoms with Gasteiger partial charge in [0.15, 0.2) is 0 Å². The number of H-pyrrole nitrogens is 1. The van der Waals surface area contributed by atoms with Crippen molar-refractivity contribution in [2.24, 2.45) is 0 Å². The molecule has 0 aliphatic heterocycles. The zero-order valence-corrected chi connectivity index (χ0v) is 12.6. The van der Waals surface area contributed by atoms with Crippen LogP contribution in [0.3, 0.4) is 0 Å². The predicted octanol–water partition coefficient (Wildman–Crippen LogP) is 1.08. The molecule has 1 saturated carbocycles. The van der Waals surface area contributed by atoms with Crippen molar-refractivity contribution < 1.29 is 4.79 Å². The van der Waals surface area contributed by atoms with Gasteiger partial charge in [0.1, 0.15) is 11.4 Å². The number of rotatable bonds is 4. The van der Waals surface area contributed by atoms with Crippen LogP contribution in [0.15, 0.2) is 11.0 Å². The van der Waals surface area contributed by atoms with Crippen molar-refractivity contribution in [3.63, 3.8) is 0 Å². The lowest BCUT2D eigenvalue weighted by Gasteiger charge is -2.15. The van der Waals surface area contributed by atoms with Gasteiger partial charge in [0.2, 0.25) is 0 Å². The zero-order valence-electron chi connectivity index (χ0n) is 11.8. The van der Waals surface area contributed by atoms with Crippen molar-refractivity contribution in [3.8, 4) is 0 Å². The fourth-order valence-corrected chi connectivity index (χ4v) is 2.70. The Morgan fingerprint density at radius 1 is 1.52 bits per heavy atom. The number of amides is 1. The molecule has 0 saturated heterocycles. The van der Waals surface area contributed by atoms with E-state index in [-0.39, 0.29) is 17.0 Å². The Morgan fingerprint density at radius 2 is 2.29 bits per heavy atom. The molecule has 1 aliphatic rings. The molecule has 0 bridgehead atoms. The summed E-state index contributed by atoms with van der Waals surface area (Å²) < 4.78 is 3.84. The van der Waals surface area contributed by atoms with Gasteiger partial charge in [0.25, 0.3) is 11.5 Å². The summed E-state index contributed by atoms with van der Waals surface area (Å²) in [4.78, 5) is 33.6. The van der Waals surface area contributed by atoms with Crippen LogP contribution in [0.5, 0.6) is 0 Å². The molecule has 8 heteroatoms. The third kappa shape index (κ3) is 2.85. The minimum absolute atomic E-state index is 0.0667. The fourth-order valence-electron chi connectivity index (χ4n) is 2.01. The van der Waals surface area contributed by atoms with Crippen LogP contribution in [-0.4, -0.2) is 37.4 Å². The Hall–Kier alpha value is -2.09. The van der Waals surface area contributed by atoms with Gasteiger partial charge in [-0.15, -0.1) is 5.10 Å². The zero-order chi connectivity index (χ0) is 15.0. The Morgan fingerprint density at radius 3 is 2.86 bits per heavy atom. The summed E-state index contributed by atoms with van der Waals surface area (Å²) in [6, 6.07) is 0. The van der Waals surface area contributed by atoms with E-state index in [4.69, 9.17) is 0 Å². The molecule has 1 amide bonds. The normalized spacial score (nSPS) is 14.2. The van der Waals surface area contributed by atoms with Crippen LogP contribution in [0, 0.1) is 6.92 Å². The molecule has 2 aromatic rings. The predicted molar refractivity (Wildman–Crippen MR) is 77.3 cm³/mol. The summed E-state index contributed by atoms with van der Waals surface area (Å²) in [6.45, 7) is 2.22. The molecular formula is C13H15N5O2S. The Balaban J connectivity index is 1.78. The quantitative estimate of drug-likeness (QED) is 0.912. The Bertz CT molecular complexity index is 734. The van der Waals surface area contributed by atoms with Crippen LogP contribution in [0.25, 0.3) is 0 Å². The molecule has 2 aromatic heterocycles. The maximum absolute atomic E-state index is 12.3. The van der Waals surface area contributed by atoms with Crippen molar-refractivity contribution in [1.29, 1.82) is 0 Å². The largest absolute Gasteiger partial charge is 0.336 e. The van der Waals surface area contributed by atoms with E-state index in [0.29, 0.717) is 18.3 Å². The van der Waals surface area contributed by atoms with Crippen molar-refractivity contribution in [1.82, 2.24) is 24.5 Å². The van der Waals surface area contributed by atoms with Gasteiger partial charge in [0.05, 0.1) is 17.1 Å². The van der Waals surface area contributed by atoms with Gasteiger partial charge in [0, 0.05) is 19.2 Å². The van der Waals surface area contributed by atoms with E-state index in [9.17, 15) is 9.59 Å². The number of nitrogens with one attached hydrogen (secondary N) is 1. The maximum Gasteiger partial charge on any atom is 0.263 e. The number of carbonyl (C=O) groups excluding carboxylic acids is 1. The Kier molecular flexibility index (Phi) is 3.54. The SMILES string of the molecule is Cc1nnsc1CN(C)C(=O)c1cnc(C2CC2)[nH]c1=O. The van der Waals surface area contributed by atoms with Gasteiger partial charge in [-0.3, -0.25) is 9.59 Å². The molecule has 0 unspecified atom stereocenters. The monoisotopic (exact) mass is 305 g/mol. The van der Waals surface area contributed by atoms with Gasteiger partial charge in [-0.1, -0.05) is 4.49 Å². The minimum atomic E-state index is -0.372. The molecule has 0 radical (unpaired) electrons. The number of hydrogen-bond donors (Lipinski definition) is 1. The highest BCUT2D eigenvalue weighted by molar-refractivity contribution is 7.05. The van der Waals surface area contributed by atoms with Crippen molar-refractivity contribution in [3.05, 3.63) is 38.5 Å². The highest BCUT2D eigenvalue weighted by atomic mass is 32.1. The molecule has 7 nitrogen and oxygen atoms in total. The van der Waals surface area contributed by atoms with E-state index in [1.54, 1.807) is 7.05 Å². The summed E-state index contributed by atoms with van der Waals surface area (Å²) in [6.07, 6.45) is 3.48. The maximum atomic E-state index is 12.3. The van der Waals surface area contributed by atoms with Crippen molar-refractivity contribution in [2.75, 3.05) is 7.05 Å². The van der Waals surface area contributed by atoms with Gasteiger partial charge in [-0.05, 0) is 31.3 Å². The molecule has 3 rings (SSSR count). The molecule has 110 valence electrons. The molecule has 0 spiro atoms. The molecule has 2 heterocycles. The molecule has 1 aliphatic carbocycles. The molecular weight excluding hydrogens is 290 g/mol. The van der Waals surface area contributed by atoms with Crippen molar-refractivity contribution in [2.45, 2.75) is 32.2 Å². The third-order valence-corrected chi connectivity index (χ3v) is 4.29. The number of carbonyl (C=O) groups is 1. The second-order valence-corrected chi connectivity index (χ2v) is 6.07. The first-order chi connectivity index (χ1) is 10.1. The van der Waals surface area contributed by atoms with Crippen LogP contribution in [0.1, 0.15) is 45.5 Å². The smallest absolute Gasteiger partial charge is 0.263 e. The van der Waals surface area contributed by atoms with E-state index in [1.807, 2.05) is 6.92 Å². The lowest BCUT2D eigenvalue weighted by Crippen LogP contribution is -2.32. The summed E-state index contributed by atoms with van der Waals surface area (Å²) >= 11 is 1.25. The van der Waals surface area contributed by atoms with Gasteiger partial charge >= 0.3 is 0 Å².